The fourth-order valence-electron chi connectivity index (χ4n) is 1.50. The smallest absolute Gasteiger partial charge is 0.315 e. The van der Waals surface area contributed by atoms with Crippen molar-refractivity contribution in [3.8, 4) is 0 Å². The Hall–Kier alpha value is -0.810. The van der Waals surface area contributed by atoms with Crippen LogP contribution in [-0.2, 0) is 4.74 Å². The summed E-state index contributed by atoms with van der Waals surface area (Å²) in [7, 11) is 0. The molecule has 5 heteroatoms. The fraction of sp³-hybridized carbons (Fsp3) is 0.889. The number of primary amides is 1. The van der Waals surface area contributed by atoms with Crippen LogP contribution in [0.1, 0.15) is 13.3 Å². The van der Waals surface area contributed by atoms with Gasteiger partial charge in [-0.2, -0.15) is 0 Å². The molecular formula is C9H19N3O2. The molecule has 2 N–H and O–H groups in total. The number of carbonyl (C=O) groups is 1. The molecule has 82 valence electrons. The van der Waals surface area contributed by atoms with Crippen molar-refractivity contribution >= 4 is 6.03 Å². The lowest BCUT2D eigenvalue weighted by molar-refractivity contribution is 0.0176. The summed E-state index contributed by atoms with van der Waals surface area (Å²) >= 11 is 0. The largest absolute Gasteiger partial charge is 0.379 e. The van der Waals surface area contributed by atoms with Crippen LogP contribution >= 0.6 is 0 Å². The molecule has 2 amide bonds. The molecule has 0 radical (unpaired) electrons. The van der Waals surface area contributed by atoms with E-state index < -0.39 is 0 Å². The number of nitrogens with two attached hydrogens (primary N) is 1. The van der Waals surface area contributed by atoms with E-state index in [0.29, 0.717) is 6.67 Å². The molecule has 0 bridgehead atoms. The number of rotatable bonds is 4. The third-order valence-corrected chi connectivity index (χ3v) is 2.28. The Kier molecular flexibility index (Phi) is 4.69. The monoisotopic (exact) mass is 201 g/mol. The maximum atomic E-state index is 11.1. The van der Waals surface area contributed by atoms with Gasteiger partial charge in [0.05, 0.1) is 19.9 Å². The molecule has 0 unspecified atom stereocenters. The van der Waals surface area contributed by atoms with E-state index in [1.54, 1.807) is 4.90 Å². The molecular weight excluding hydrogens is 182 g/mol. The first-order valence-electron chi connectivity index (χ1n) is 5.08. The lowest BCUT2D eigenvalue weighted by atomic mass is 10.4. The van der Waals surface area contributed by atoms with Crippen LogP contribution in [-0.4, -0.2) is 55.3 Å². The van der Waals surface area contributed by atoms with Crippen LogP contribution in [0.4, 0.5) is 4.79 Å². The van der Waals surface area contributed by atoms with Crippen molar-refractivity contribution in [3.05, 3.63) is 0 Å². The van der Waals surface area contributed by atoms with Crippen molar-refractivity contribution in [1.29, 1.82) is 0 Å². The van der Waals surface area contributed by atoms with Gasteiger partial charge in [-0.05, 0) is 6.42 Å². The quantitative estimate of drug-likeness (QED) is 0.700. The van der Waals surface area contributed by atoms with Gasteiger partial charge in [-0.3, -0.25) is 4.90 Å². The first kappa shape index (κ1) is 11.3. The third kappa shape index (κ3) is 3.51. The highest BCUT2D eigenvalue weighted by Gasteiger charge is 2.15. The Morgan fingerprint density at radius 2 is 2.14 bits per heavy atom. The van der Waals surface area contributed by atoms with Crippen molar-refractivity contribution in [3.63, 3.8) is 0 Å². The Bertz CT molecular complexity index is 181. The lowest BCUT2D eigenvalue weighted by Crippen LogP contribution is -2.48. The molecule has 1 aliphatic rings. The summed E-state index contributed by atoms with van der Waals surface area (Å²) in [6.07, 6.45) is 0.938. The lowest BCUT2D eigenvalue weighted by Gasteiger charge is -2.31. The van der Waals surface area contributed by atoms with E-state index in [1.807, 2.05) is 6.92 Å². The number of nitrogens with zero attached hydrogens (tertiary/aromatic N) is 2. The van der Waals surface area contributed by atoms with E-state index in [1.165, 1.54) is 0 Å². The van der Waals surface area contributed by atoms with Gasteiger partial charge in [0.15, 0.2) is 0 Å². The summed E-state index contributed by atoms with van der Waals surface area (Å²) in [6.45, 7) is 6.66. The molecule has 1 saturated heterocycles. The third-order valence-electron chi connectivity index (χ3n) is 2.28. The first-order chi connectivity index (χ1) is 6.74. The average Bonchev–Trinajstić information content (AvgIpc) is 2.18. The topological polar surface area (TPSA) is 58.8 Å². The maximum Gasteiger partial charge on any atom is 0.315 e. The second-order valence-electron chi connectivity index (χ2n) is 3.47. The summed E-state index contributed by atoms with van der Waals surface area (Å²) in [5, 5.41) is 0. The number of hydrogen-bond acceptors (Lipinski definition) is 3. The molecule has 0 aromatic rings. The second kappa shape index (κ2) is 5.82. The molecule has 1 aliphatic heterocycles. The Labute approximate surface area is 84.8 Å². The molecule has 1 heterocycles. The van der Waals surface area contributed by atoms with Gasteiger partial charge in [0.1, 0.15) is 0 Å². The molecule has 1 rings (SSSR count). The van der Waals surface area contributed by atoms with Crippen molar-refractivity contribution in [2.45, 2.75) is 13.3 Å². The molecule has 0 atom stereocenters. The molecule has 0 aliphatic carbocycles. The van der Waals surface area contributed by atoms with Crippen molar-refractivity contribution in [1.82, 2.24) is 9.80 Å². The van der Waals surface area contributed by atoms with E-state index in [4.69, 9.17) is 10.5 Å². The van der Waals surface area contributed by atoms with Crippen LogP contribution in [0.15, 0.2) is 0 Å². The molecule has 0 saturated carbocycles. The van der Waals surface area contributed by atoms with Gasteiger partial charge in [0, 0.05) is 19.6 Å². The zero-order chi connectivity index (χ0) is 10.4. The Morgan fingerprint density at radius 3 is 2.64 bits per heavy atom. The predicted octanol–water partition coefficient (Wildman–Crippen LogP) is 0.0668. The summed E-state index contributed by atoms with van der Waals surface area (Å²) in [6, 6.07) is -0.335. The minimum Gasteiger partial charge on any atom is -0.379 e. The van der Waals surface area contributed by atoms with Gasteiger partial charge in [-0.1, -0.05) is 6.92 Å². The number of urea groups is 1. The number of morpholine rings is 1. The normalized spacial score (nSPS) is 18.1. The summed E-state index contributed by atoms with van der Waals surface area (Å²) in [5.41, 5.74) is 5.27. The molecule has 14 heavy (non-hydrogen) atoms. The van der Waals surface area contributed by atoms with Gasteiger partial charge < -0.3 is 15.4 Å². The molecule has 0 aromatic carbocycles. The van der Waals surface area contributed by atoms with E-state index in [2.05, 4.69) is 4.90 Å². The van der Waals surface area contributed by atoms with Crippen LogP contribution in [0.5, 0.6) is 0 Å². The molecule has 0 aromatic heterocycles. The van der Waals surface area contributed by atoms with Crippen LogP contribution in [0.3, 0.4) is 0 Å². The predicted molar refractivity (Wildman–Crippen MR) is 53.8 cm³/mol. The van der Waals surface area contributed by atoms with Gasteiger partial charge in [0.2, 0.25) is 0 Å². The van der Waals surface area contributed by atoms with Gasteiger partial charge in [-0.25, -0.2) is 4.79 Å². The molecule has 0 spiro atoms. The maximum absolute atomic E-state index is 11.1. The second-order valence-corrected chi connectivity index (χ2v) is 3.47. The van der Waals surface area contributed by atoms with Gasteiger partial charge in [-0.15, -0.1) is 0 Å². The number of ether oxygens (including phenoxy) is 1. The van der Waals surface area contributed by atoms with Gasteiger partial charge >= 0.3 is 6.03 Å². The Balaban J connectivity index is 2.33. The summed E-state index contributed by atoms with van der Waals surface area (Å²) in [4.78, 5) is 14.9. The minimum atomic E-state index is -0.335. The van der Waals surface area contributed by atoms with E-state index >= 15 is 0 Å². The van der Waals surface area contributed by atoms with Crippen molar-refractivity contribution < 1.29 is 9.53 Å². The van der Waals surface area contributed by atoms with Crippen LogP contribution in [0, 0.1) is 0 Å². The van der Waals surface area contributed by atoms with E-state index in [0.717, 1.165) is 39.3 Å². The zero-order valence-corrected chi connectivity index (χ0v) is 8.74. The minimum absolute atomic E-state index is 0.335. The Morgan fingerprint density at radius 1 is 1.50 bits per heavy atom. The molecule has 5 nitrogen and oxygen atoms in total. The van der Waals surface area contributed by atoms with Crippen LogP contribution in [0.2, 0.25) is 0 Å². The summed E-state index contributed by atoms with van der Waals surface area (Å²) < 4.78 is 5.23. The van der Waals surface area contributed by atoms with Crippen molar-refractivity contribution in [2.75, 3.05) is 39.5 Å². The highest BCUT2D eigenvalue weighted by molar-refractivity contribution is 5.71. The van der Waals surface area contributed by atoms with Gasteiger partial charge in [0.25, 0.3) is 0 Å². The zero-order valence-electron chi connectivity index (χ0n) is 8.74. The van der Waals surface area contributed by atoms with Crippen LogP contribution in [0.25, 0.3) is 0 Å². The molecule has 1 fully saturated rings. The first-order valence-corrected chi connectivity index (χ1v) is 5.08. The average molecular weight is 201 g/mol. The summed E-state index contributed by atoms with van der Waals surface area (Å²) in [5.74, 6) is 0. The standard InChI is InChI=1S/C9H19N3O2/c1-2-3-12(9(10)13)8-11-4-6-14-7-5-11/h2-8H2,1H3,(H2,10,13). The van der Waals surface area contributed by atoms with E-state index in [-0.39, 0.29) is 6.03 Å². The number of hydrogen-bond donors (Lipinski definition) is 1. The SMILES string of the molecule is CCCN(CN1CCOCC1)C(N)=O. The van der Waals surface area contributed by atoms with Crippen LogP contribution < -0.4 is 5.73 Å². The highest BCUT2D eigenvalue weighted by Crippen LogP contribution is 2.00. The number of amides is 2. The van der Waals surface area contributed by atoms with Crippen molar-refractivity contribution in [2.24, 2.45) is 5.73 Å². The highest BCUT2D eigenvalue weighted by atomic mass is 16.5. The number of carbonyl (C=O) groups excluding carboxylic acids is 1. The van der Waals surface area contributed by atoms with E-state index in [9.17, 15) is 4.79 Å². The fourth-order valence-corrected chi connectivity index (χ4v) is 1.50.